The summed E-state index contributed by atoms with van der Waals surface area (Å²) < 4.78 is 0. The van der Waals surface area contributed by atoms with Gasteiger partial charge in [0.25, 0.3) is 0 Å². The minimum absolute atomic E-state index is 0.170. The van der Waals surface area contributed by atoms with Crippen molar-refractivity contribution in [1.29, 1.82) is 0 Å². The lowest BCUT2D eigenvalue weighted by Gasteiger charge is -2.20. The zero-order valence-corrected chi connectivity index (χ0v) is 12.3. The first kappa shape index (κ1) is 13.2. The molecule has 0 radical (unpaired) electrons. The van der Waals surface area contributed by atoms with Crippen LogP contribution in [0.1, 0.15) is 36.9 Å². The van der Waals surface area contributed by atoms with Crippen LogP contribution in [-0.4, -0.2) is 4.98 Å². The average molecular weight is 260 g/mol. The molecule has 0 bridgehead atoms. The predicted octanol–water partition coefficient (Wildman–Crippen LogP) is 3.87. The second-order valence-electron chi connectivity index (χ2n) is 5.60. The van der Waals surface area contributed by atoms with Crippen molar-refractivity contribution in [2.24, 2.45) is 5.73 Å². The van der Waals surface area contributed by atoms with Crippen LogP contribution in [0.4, 0.5) is 0 Å². The van der Waals surface area contributed by atoms with Crippen LogP contribution in [0.25, 0.3) is 10.4 Å². The molecule has 1 aromatic carbocycles. The molecule has 0 saturated carbocycles. The van der Waals surface area contributed by atoms with E-state index in [0.717, 1.165) is 5.01 Å². The van der Waals surface area contributed by atoms with Gasteiger partial charge in [0, 0.05) is 12.7 Å². The summed E-state index contributed by atoms with van der Waals surface area (Å²) in [4.78, 5) is 5.54. The molecule has 3 heteroatoms. The van der Waals surface area contributed by atoms with Gasteiger partial charge < -0.3 is 5.73 Å². The maximum atomic E-state index is 5.63. The van der Waals surface area contributed by atoms with E-state index in [1.54, 1.807) is 11.3 Å². The van der Waals surface area contributed by atoms with Crippen molar-refractivity contribution in [3.63, 3.8) is 0 Å². The van der Waals surface area contributed by atoms with Crippen LogP contribution in [0.5, 0.6) is 0 Å². The predicted molar refractivity (Wildman–Crippen MR) is 78.9 cm³/mol. The monoisotopic (exact) mass is 260 g/mol. The molecule has 0 aliphatic carbocycles. The number of nitrogens with zero attached hydrogens (tertiary/aromatic N) is 1. The van der Waals surface area contributed by atoms with Gasteiger partial charge in [-0.1, -0.05) is 32.9 Å². The van der Waals surface area contributed by atoms with Crippen molar-refractivity contribution >= 4 is 11.3 Å². The van der Waals surface area contributed by atoms with Gasteiger partial charge in [0.2, 0.25) is 0 Å². The van der Waals surface area contributed by atoms with Crippen molar-refractivity contribution in [1.82, 2.24) is 4.98 Å². The summed E-state index contributed by atoms with van der Waals surface area (Å²) in [5, 5.41) is 0.991. The van der Waals surface area contributed by atoms with Gasteiger partial charge in [-0.15, -0.1) is 11.3 Å². The average Bonchev–Trinajstić information content (AvgIpc) is 2.76. The Morgan fingerprint density at radius 2 is 2.00 bits per heavy atom. The number of thiazole rings is 1. The van der Waals surface area contributed by atoms with Crippen LogP contribution >= 0.6 is 11.3 Å². The lowest BCUT2D eigenvalue weighted by atomic mass is 9.85. The van der Waals surface area contributed by atoms with Gasteiger partial charge in [0.1, 0.15) is 5.01 Å². The molecule has 2 nitrogen and oxygen atoms in total. The Balaban J connectivity index is 2.49. The number of benzene rings is 1. The molecule has 0 aliphatic heterocycles. The molecule has 18 heavy (non-hydrogen) atoms. The molecular formula is C15H20N2S. The van der Waals surface area contributed by atoms with Crippen molar-refractivity contribution in [3.05, 3.63) is 40.5 Å². The van der Waals surface area contributed by atoms with E-state index >= 15 is 0 Å². The first-order valence-corrected chi connectivity index (χ1v) is 7.00. The summed E-state index contributed by atoms with van der Waals surface area (Å²) in [6, 6.07) is 6.69. The SMILES string of the molecule is Cc1ccc(C(C)(C)C)cc1-c1cnc(CN)s1. The van der Waals surface area contributed by atoms with Gasteiger partial charge in [0.05, 0.1) is 4.88 Å². The van der Waals surface area contributed by atoms with Gasteiger partial charge in [0.15, 0.2) is 0 Å². The van der Waals surface area contributed by atoms with E-state index in [4.69, 9.17) is 5.73 Å². The van der Waals surface area contributed by atoms with E-state index < -0.39 is 0 Å². The van der Waals surface area contributed by atoms with Crippen molar-refractivity contribution in [3.8, 4) is 10.4 Å². The fourth-order valence-corrected chi connectivity index (χ4v) is 2.76. The third-order valence-electron chi connectivity index (χ3n) is 3.10. The van der Waals surface area contributed by atoms with Crippen LogP contribution in [-0.2, 0) is 12.0 Å². The van der Waals surface area contributed by atoms with Crippen molar-refractivity contribution in [2.45, 2.75) is 39.7 Å². The highest BCUT2D eigenvalue weighted by molar-refractivity contribution is 7.15. The van der Waals surface area contributed by atoms with Crippen molar-refractivity contribution in [2.75, 3.05) is 0 Å². The number of nitrogens with two attached hydrogens (primary N) is 1. The number of rotatable bonds is 2. The summed E-state index contributed by atoms with van der Waals surface area (Å²) in [5.41, 5.74) is 9.71. The first-order valence-electron chi connectivity index (χ1n) is 6.18. The fraction of sp³-hybridized carbons (Fsp3) is 0.400. The lowest BCUT2D eigenvalue weighted by Crippen LogP contribution is -2.11. The highest BCUT2D eigenvalue weighted by Crippen LogP contribution is 2.33. The minimum Gasteiger partial charge on any atom is -0.325 e. The van der Waals surface area contributed by atoms with Gasteiger partial charge in [-0.25, -0.2) is 4.98 Å². The van der Waals surface area contributed by atoms with Gasteiger partial charge in [-0.05, 0) is 35.1 Å². The molecule has 0 saturated heterocycles. The Morgan fingerprint density at radius 3 is 2.56 bits per heavy atom. The molecule has 0 aliphatic rings. The van der Waals surface area contributed by atoms with Gasteiger partial charge >= 0.3 is 0 Å². The molecule has 0 fully saturated rings. The molecule has 0 amide bonds. The third-order valence-corrected chi connectivity index (χ3v) is 4.15. The zero-order chi connectivity index (χ0) is 13.3. The van der Waals surface area contributed by atoms with Crippen LogP contribution < -0.4 is 5.73 Å². The highest BCUT2D eigenvalue weighted by atomic mass is 32.1. The number of aryl methyl sites for hydroxylation is 1. The standard InChI is InChI=1S/C15H20N2S/c1-10-5-6-11(15(2,3)4)7-12(10)13-9-17-14(8-16)18-13/h5-7,9H,8,16H2,1-4H3. The second kappa shape index (κ2) is 4.82. The molecule has 0 atom stereocenters. The van der Waals surface area contributed by atoms with E-state index in [1.165, 1.54) is 21.6 Å². The molecule has 0 unspecified atom stereocenters. The molecule has 1 heterocycles. The maximum absolute atomic E-state index is 5.63. The topological polar surface area (TPSA) is 38.9 Å². The smallest absolute Gasteiger partial charge is 0.107 e. The zero-order valence-electron chi connectivity index (χ0n) is 11.4. The van der Waals surface area contributed by atoms with Crippen LogP contribution in [0.2, 0.25) is 0 Å². The van der Waals surface area contributed by atoms with E-state index in [9.17, 15) is 0 Å². The first-order chi connectivity index (χ1) is 8.41. The number of hydrogen-bond acceptors (Lipinski definition) is 3. The molecule has 0 spiro atoms. The molecule has 2 aromatic rings. The van der Waals surface area contributed by atoms with Crippen LogP contribution in [0.3, 0.4) is 0 Å². The summed E-state index contributed by atoms with van der Waals surface area (Å²) in [6.07, 6.45) is 1.93. The number of aromatic nitrogens is 1. The van der Waals surface area contributed by atoms with E-state index in [1.807, 2.05) is 6.20 Å². The summed E-state index contributed by atoms with van der Waals surface area (Å²) in [6.45, 7) is 9.37. The van der Waals surface area contributed by atoms with Crippen LogP contribution in [0, 0.1) is 6.92 Å². The van der Waals surface area contributed by atoms with Gasteiger partial charge in [-0.2, -0.15) is 0 Å². The Morgan fingerprint density at radius 1 is 1.28 bits per heavy atom. The molecule has 2 N–H and O–H groups in total. The second-order valence-corrected chi connectivity index (χ2v) is 6.72. The molecule has 2 rings (SSSR count). The van der Waals surface area contributed by atoms with E-state index in [2.05, 4.69) is 50.9 Å². The number of hydrogen-bond donors (Lipinski definition) is 1. The Hall–Kier alpha value is -1.19. The summed E-state index contributed by atoms with van der Waals surface area (Å²) in [5.74, 6) is 0. The largest absolute Gasteiger partial charge is 0.325 e. The lowest BCUT2D eigenvalue weighted by molar-refractivity contribution is 0.590. The Kier molecular flexibility index (Phi) is 3.55. The van der Waals surface area contributed by atoms with Gasteiger partial charge in [-0.3, -0.25) is 0 Å². The summed E-state index contributed by atoms with van der Waals surface area (Å²) in [7, 11) is 0. The van der Waals surface area contributed by atoms with Crippen molar-refractivity contribution < 1.29 is 0 Å². The molecule has 1 aromatic heterocycles. The Bertz CT molecular complexity index is 550. The van der Waals surface area contributed by atoms with E-state index in [0.29, 0.717) is 6.54 Å². The quantitative estimate of drug-likeness (QED) is 0.890. The molecule has 96 valence electrons. The summed E-state index contributed by atoms with van der Waals surface area (Å²) >= 11 is 1.68. The van der Waals surface area contributed by atoms with E-state index in [-0.39, 0.29) is 5.41 Å². The highest BCUT2D eigenvalue weighted by Gasteiger charge is 2.16. The van der Waals surface area contributed by atoms with Crippen LogP contribution in [0.15, 0.2) is 24.4 Å². The third kappa shape index (κ3) is 2.62. The molecular weight excluding hydrogens is 240 g/mol. The Labute approximate surface area is 113 Å². The maximum Gasteiger partial charge on any atom is 0.107 e. The minimum atomic E-state index is 0.170. The fourth-order valence-electron chi connectivity index (χ4n) is 1.88. The normalized spacial score (nSPS) is 11.8.